The lowest BCUT2D eigenvalue weighted by Crippen LogP contribution is -2.32. The zero-order chi connectivity index (χ0) is 20.5. The maximum Gasteiger partial charge on any atom is 0.255 e. The van der Waals surface area contributed by atoms with Crippen LogP contribution in [0.15, 0.2) is 53.6 Å². The van der Waals surface area contributed by atoms with Crippen molar-refractivity contribution in [3.8, 4) is 11.1 Å². The molecule has 148 valence electrons. The molecule has 3 aromatic rings. The summed E-state index contributed by atoms with van der Waals surface area (Å²) < 4.78 is 14.7. The van der Waals surface area contributed by atoms with Gasteiger partial charge in [-0.05, 0) is 36.6 Å². The van der Waals surface area contributed by atoms with E-state index in [0.717, 1.165) is 18.4 Å². The third-order valence-corrected chi connectivity index (χ3v) is 5.15. The third kappa shape index (κ3) is 3.61. The Bertz CT molecular complexity index is 1130. The summed E-state index contributed by atoms with van der Waals surface area (Å²) in [5, 5.41) is 0. The Morgan fingerprint density at radius 2 is 1.97 bits per heavy atom. The fraction of sp³-hybridized carbons (Fsp3) is 0.238. The van der Waals surface area contributed by atoms with Crippen LogP contribution in [0.1, 0.15) is 34.9 Å². The number of halogens is 1. The highest BCUT2D eigenvalue weighted by molar-refractivity contribution is 5.94. The highest BCUT2D eigenvalue weighted by Gasteiger charge is 2.33. The van der Waals surface area contributed by atoms with Crippen molar-refractivity contribution in [1.82, 2.24) is 19.4 Å². The average molecular weight is 393 g/mol. The predicted molar refractivity (Wildman–Crippen MR) is 107 cm³/mol. The van der Waals surface area contributed by atoms with Crippen molar-refractivity contribution in [2.75, 3.05) is 12.3 Å². The van der Waals surface area contributed by atoms with Gasteiger partial charge >= 0.3 is 0 Å². The van der Waals surface area contributed by atoms with Gasteiger partial charge in [0.2, 0.25) is 11.5 Å². The Kier molecular flexibility index (Phi) is 4.84. The monoisotopic (exact) mass is 393 g/mol. The van der Waals surface area contributed by atoms with E-state index in [4.69, 9.17) is 5.73 Å². The number of nitrogens with zero attached hydrogens (tertiary/aromatic N) is 4. The molecule has 1 aliphatic rings. The lowest BCUT2D eigenvalue weighted by atomic mass is 9.99. The second-order valence-electron chi connectivity index (χ2n) is 7.06. The van der Waals surface area contributed by atoms with E-state index >= 15 is 0 Å². The molecule has 0 unspecified atom stereocenters. The average Bonchev–Trinajstić information content (AvgIpc) is 3.20. The van der Waals surface area contributed by atoms with Gasteiger partial charge in [-0.15, -0.1) is 0 Å². The molecule has 1 fully saturated rings. The Balaban J connectivity index is 1.74. The molecule has 3 heterocycles. The van der Waals surface area contributed by atoms with E-state index in [9.17, 15) is 14.0 Å². The number of pyridine rings is 1. The lowest BCUT2D eigenvalue weighted by Gasteiger charge is -2.26. The molecule has 29 heavy (non-hydrogen) atoms. The minimum atomic E-state index is -0.334. The maximum atomic E-state index is 13.4. The molecule has 4 rings (SSSR count). The van der Waals surface area contributed by atoms with Crippen LogP contribution in [0.3, 0.4) is 0 Å². The number of aryl methyl sites for hydroxylation is 1. The number of carbonyl (C=O) groups excluding carboxylic acids is 1. The summed E-state index contributed by atoms with van der Waals surface area (Å²) in [6.45, 7) is 0.569. The number of benzene rings is 1. The van der Waals surface area contributed by atoms with Crippen molar-refractivity contribution < 1.29 is 9.18 Å². The van der Waals surface area contributed by atoms with E-state index in [0.29, 0.717) is 23.4 Å². The van der Waals surface area contributed by atoms with Gasteiger partial charge in [0.15, 0.2) is 0 Å². The highest BCUT2D eigenvalue weighted by Crippen LogP contribution is 2.37. The van der Waals surface area contributed by atoms with Crippen LogP contribution >= 0.6 is 0 Å². The van der Waals surface area contributed by atoms with Crippen LogP contribution in [0.2, 0.25) is 0 Å². The van der Waals surface area contributed by atoms with Gasteiger partial charge in [-0.2, -0.15) is 0 Å². The summed E-state index contributed by atoms with van der Waals surface area (Å²) in [6, 6.07) is 8.68. The van der Waals surface area contributed by atoms with E-state index in [1.807, 2.05) is 0 Å². The van der Waals surface area contributed by atoms with Gasteiger partial charge < -0.3 is 15.2 Å². The van der Waals surface area contributed by atoms with Crippen LogP contribution in [0, 0.1) is 5.82 Å². The van der Waals surface area contributed by atoms with Gasteiger partial charge in [-0.1, -0.05) is 12.1 Å². The largest absolute Gasteiger partial charge is 0.368 e. The van der Waals surface area contributed by atoms with E-state index in [1.165, 1.54) is 35.0 Å². The quantitative estimate of drug-likeness (QED) is 0.738. The highest BCUT2D eigenvalue weighted by atomic mass is 19.1. The van der Waals surface area contributed by atoms with Crippen LogP contribution in [-0.2, 0) is 7.05 Å². The minimum Gasteiger partial charge on any atom is -0.368 e. The first-order valence-electron chi connectivity index (χ1n) is 9.30. The van der Waals surface area contributed by atoms with Crippen LogP contribution < -0.4 is 11.3 Å². The molecular weight excluding hydrogens is 373 g/mol. The van der Waals surface area contributed by atoms with Gasteiger partial charge in [0.1, 0.15) is 5.82 Å². The van der Waals surface area contributed by atoms with Crippen LogP contribution in [0.4, 0.5) is 10.3 Å². The number of nitrogen functional groups attached to an aromatic ring is 1. The molecule has 1 saturated heterocycles. The fourth-order valence-electron chi connectivity index (χ4n) is 3.70. The summed E-state index contributed by atoms with van der Waals surface area (Å²) in [6.07, 6.45) is 4.68. The summed E-state index contributed by atoms with van der Waals surface area (Å²) in [5.41, 5.74) is 8.20. The number of nitrogens with two attached hydrogens (primary N) is 1. The van der Waals surface area contributed by atoms with Crippen LogP contribution in [0.5, 0.6) is 0 Å². The van der Waals surface area contributed by atoms with Gasteiger partial charge in [-0.25, -0.2) is 14.4 Å². The molecule has 0 saturated carbocycles. The zero-order valence-electron chi connectivity index (χ0n) is 15.9. The van der Waals surface area contributed by atoms with Crippen LogP contribution in [-0.4, -0.2) is 31.9 Å². The van der Waals surface area contributed by atoms with Crippen molar-refractivity contribution in [1.29, 1.82) is 0 Å². The first-order valence-corrected chi connectivity index (χ1v) is 9.30. The Hall–Kier alpha value is -3.55. The molecule has 1 amide bonds. The number of hydrogen-bond acceptors (Lipinski definition) is 5. The molecule has 7 nitrogen and oxygen atoms in total. The second-order valence-corrected chi connectivity index (χ2v) is 7.06. The molecule has 1 aliphatic heterocycles. The molecule has 0 aliphatic carbocycles. The molecule has 0 spiro atoms. The Labute approximate surface area is 166 Å². The summed E-state index contributed by atoms with van der Waals surface area (Å²) in [7, 11) is 1.61. The first-order chi connectivity index (χ1) is 13.9. The Morgan fingerprint density at radius 1 is 1.21 bits per heavy atom. The van der Waals surface area contributed by atoms with E-state index in [2.05, 4.69) is 9.97 Å². The summed E-state index contributed by atoms with van der Waals surface area (Å²) in [5.74, 6) is -0.392. The second kappa shape index (κ2) is 7.46. The topological polar surface area (TPSA) is 94.1 Å². The number of amides is 1. The zero-order valence-corrected chi connectivity index (χ0v) is 15.9. The van der Waals surface area contributed by atoms with E-state index in [-0.39, 0.29) is 29.3 Å². The number of rotatable bonds is 3. The van der Waals surface area contributed by atoms with Crippen LogP contribution in [0.25, 0.3) is 11.1 Å². The van der Waals surface area contributed by atoms with Gasteiger partial charge in [-0.3, -0.25) is 9.59 Å². The van der Waals surface area contributed by atoms with Gasteiger partial charge in [0.25, 0.3) is 5.91 Å². The minimum absolute atomic E-state index is 0.118. The van der Waals surface area contributed by atoms with Gasteiger partial charge in [0, 0.05) is 37.6 Å². The lowest BCUT2D eigenvalue weighted by molar-refractivity contribution is 0.0732. The number of likely N-dealkylation sites (tertiary alicyclic amines) is 1. The van der Waals surface area contributed by atoms with Crippen molar-refractivity contribution in [3.63, 3.8) is 0 Å². The van der Waals surface area contributed by atoms with Crippen molar-refractivity contribution >= 4 is 11.9 Å². The maximum absolute atomic E-state index is 13.4. The molecule has 2 aromatic heterocycles. The SMILES string of the molecule is Cn1cc(C(=O)N2CCC[C@H]2c2nc(N)ncc2-c2ccc(F)cc2)ccc1=O. The predicted octanol–water partition coefficient (Wildman–Crippen LogP) is 2.54. The number of aromatic nitrogens is 3. The molecule has 1 atom stereocenters. The molecule has 0 radical (unpaired) electrons. The molecule has 8 heteroatoms. The number of anilines is 1. The standard InChI is InChI=1S/C21H20FN5O2/c1-26-12-14(6-9-18(26)28)20(29)27-10-2-3-17(27)19-16(11-24-21(23)25-19)13-4-7-15(22)8-5-13/h4-9,11-12,17H,2-3,10H2,1H3,(H2,23,24,25)/t17-/m0/s1. The number of carbonyl (C=O) groups is 1. The normalized spacial score (nSPS) is 16.2. The Morgan fingerprint density at radius 3 is 2.69 bits per heavy atom. The summed E-state index contributed by atoms with van der Waals surface area (Å²) in [4.78, 5) is 35.1. The van der Waals surface area contributed by atoms with E-state index in [1.54, 1.807) is 30.3 Å². The van der Waals surface area contributed by atoms with Crippen molar-refractivity contribution in [2.24, 2.45) is 7.05 Å². The third-order valence-electron chi connectivity index (χ3n) is 5.15. The molecule has 0 bridgehead atoms. The van der Waals surface area contributed by atoms with Crippen molar-refractivity contribution in [3.05, 3.63) is 76.2 Å². The first kappa shape index (κ1) is 18.8. The molecular formula is C21H20FN5O2. The van der Waals surface area contributed by atoms with E-state index < -0.39 is 0 Å². The fourth-order valence-corrected chi connectivity index (χ4v) is 3.70. The van der Waals surface area contributed by atoms with Crippen molar-refractivity contribution in [2.45, 2.75) is 18.9 Å². The molecule has 2 N–H and O–H groups in total. The van der Waals surface area contributed by atoms with Gasteiger partial charge in [0.05, 0.1) is 17.3 Å². The number of hydrogen-bond donors (Lipinski definition) is 1. The molecule has 1 aromatic carbocycles. The smallest absolute Gasteiger partial charge is 0.255 e. The summed E-state index contributed by atoms with van der Waals surface area (Å²) >= 11 is 0.